The van der Waals surface area contributed by atoms with Gasteiger partial charge in [-0.15, -0.1) is 0 Å². The molecule has 0 bridgehead atoms. The number of aromatic nitrogens is 2. The molecule has 1 heterocycles. The summed E-state index contributed by atoms with van der Waals surface area (Å²) in [6, 6.07) is 10.1. The van der Waals surface area contributed by atoms with Crippen LogP contribution in [0, 0.1) is 4.64 Å². The van der Waals surface area contributed by atoms with Gasteiger partial charge in [-0.1, -0.05) is 40.3 Å². The Morgan fingerprint density at radius 2 is 1.94 bits per heavy atom. The Morgan fingerprint density at radius 1 is 1.24 bits per heavy atom. The number of aromatic amines is 1. The first-order chi connectivity index (χ1) is 8.22. The summed E-state index contributed by atoms with van der Waals surface area (Å²) in [4.78, 5) is 7.78. The monoisotopic (exact) mass is 306 g/mol. The van der Waals surface area contributed by atoms with Crippen molar-refractivity contribution >= 4 is 28.1 Å². The molecule has 1 aliphatic rings. The second-order valence-corrected chi connectivity index (χ2v) is 5.64. The average Bonchev–Trinajstić information content (AvgIpc) is 3.13. The van der Waals surface area contributed by atoms with Crippen LogP contribution in [0.15, 0.2) is 34.8 Å². The van der Waals surface area contributed by atoms with Crippen molar-refractivity contribution in [3.63, 3.8) is 0 Å². The zero-order chi connectivity index (χ0) is 11.8. The number of nitrogens with zero attached hydrogens (tertiary/aromatic N) is 1. The molecule has 1 aromatic heterocycles. The van der Waals surface area contributed by atoms with Crippen molar-refractivity contribution in [3.8, 4) is 11.4 Å². The van der Waals surface area contributed by atoms with Gasteiger partial charge in [-0.05, 0) is 37.0 Å². The third-order valence-electron chi connectivity index (χ3n) is 2.90. The minimum absolute atomic E-state index is 0.661. The van der Waals surface area contributed by atoms with Crippen molar-refractivity contribution in [2.45, 2.75) is 18.8 Å². The smallest absolute Gasteiger partial charge is 0.139 e. The standard InChI is InChI=1S/C13H11BrN2S/c14-10-5-3-9(4-6-10)13-15-11(8-1-2-8)7-12(17)16-13/h3-8H,1-2H2,(H,15,16,17). The predicted octanol–water partition coefficient (Wildman–Crippen LogP) is 4.45. The Morgan fingerprint density at radius 3 is 2.59 bits per heavy atom. The second kappa shape index (κ2) is 4.35. The van der Waals surface area contributed by atoms with Crippen LogP contribution in [-0.4, -0.2) is 9.97 Å². The molecule has 1 fully saturated rings. The highest BCUT2D eigenvalue weighted by Gasteiger charge is 2.24. The number of halogens is 1. The van der Waals surface area contributed by atoms with Gasteiger partial charge in [0.05, 0.1) is 0 Å². The molecule has 4 heteroatoms. The van der Waals surface area contributed by atoms with Gasteiger partial charge in [0.25, 0.3) is 0 Å². The predicted molar refractivity (Wildman–Crippen MR) is 74.5 cm³/mol. The van der Waals surface area contributed by atoms with Crippen molar-refractivity contribution in [1.82, 2.24) is 9.97 Å². The SMILES string of the molecule is S=c1cc(C2CC2)[nH]c(-c2ccc(Br)cc2)n1. The summed E-state index contributed by atoms with van der Waals surface area (Å²) < 4.78 is 1.74. The molecular weight excluding hydrogens is 296 g/mol. The van der Waals surface area contributed by atoms with Crippen LogP contribution in [0.5, 0.6) is 0 Å². The summed E-state index contributed by atoms with van der Waals surface area (Å²) in [7, 11) is 0. The van der Waals surface area contributed by atoms with Crippen LogP contribution in [-0.2, 0) is 0 Å². The van der Waals surface area contributed by atoms with Gasteiger partial charge >= 0.3 is 0 Å². The van der Waals surface area contributed by atoms with E-state index < -0.39 is 0 Å². The third-order valence-corrected chi connectivity index (χ3v) is 3.64. The molecule has 0 radical (unpaired) electrons. The van der Waals surface area contributed by atoms with Crippen LogP contribution in [0.2, 0.25) is 0 Å². The zero-order valence-corrected chi connectivity index (χ0v) is 11.5. The first-order valence-electron chi connectivity index (χ1n) is 5.59. The van der Waals surface area contributed by atoms with E-state index in [1.807, 2.05) is 30.3 Å². The molecule has 17 heavy (non-hydrogen) atoms. The molecule has 1 aliphatic carbocycles. The summed E-state index contributed by atoms with van der Waals surface area (Å²) in [5, 5.41) is 0. The molecule has 0 amide bonds. The Kier molecular flexibility index (Phi) is 2.84. The molecule has 0 saturated heterocycles. The molecule has 0 spiro atoms. The van der Waals surface area contributed by atoms with Crippen LogP contribution < -0.4 is 0 Å². The number of benzene rings is 1. The van der Waals surface area contributed by atoms with Gasteiger partial charge in [0, 0.05) is 15.7 Å². The maximum atomic E-state index is 5.22. The average molecular weight is 307 g/mol. The lowest BCUT2D eigenvalue weighted by atomic mass is 10.2. The fourth-order valence-corrected chi connectivity index (χ4v) is 2.32. The third kappa shape index (κ3) is 2.48. The highest BCUT2D eigenvalue weighted by atomic mass is 79.9. The first-order valence-corrected chi connectivity index (χ1v) is 6.80. The van der Waals surface area contributed by atoms with Crippen molar-refractivity contribution in [2.24, 2.45) is 0 Å². The topological polar surface area (TPSA) is 28.7 Å². The summed E-state index contributed by atoms with van der Waals surface area (Å²) in [5.41, 5.74) is 2.30. The number of hydrogen-bond donors (Lipinski definition) is 1. The van der Waals surface area contributed by atoms with E-state index in [4.69, 9.17) is 12.2 Å². The fourth-order valence-electron chi connectivity index (χ4n) is 1.83. The van der Waals surface area contributed by atoms with E-state index in [2.05, 4.69) is 25.9 Å². The summed E-state index contributed by atoms with van der Waals surface area (Å²) in [6.45, 7) is 0. The van der Waals surface area contributed by atoms with Gasteiger partial charge in [-0.2, -0.15) is 0 Å². The van der Waals surface area contributed by atoms with Gasteiger partial charge in [-0.25, -0.2) is 4.98 Å². The molecule has 2 aromatic rings. The maximum Gasteiger partial charge on any atom is 0.139 e. The van der Waals surface area contributed by atoms with Crippen LogP contribution in [0.25, 0.3) is 11.4 Å². The number of H-pyrrole nitrogens is 1. The largest absolute Gasteiger partial charge is 0.343 e. The molecule has 1 saturated carbocycles. The van der Waals surface area contributed by atoms with E-state index in [1.54, 1.807) is 0 Å². The van der Waals surface area contributed by atoms with Crippen LogP contribution >= 0.6 is 28.1 Å². The minimum atomic E-state index is 0.661. The molecule has 1 N–H and O–H groups in total. The van der Waals surface area contributed by atoms with Gasteiger partial charge in [0.2, 0.25) is 0 Å². The van der Waals surface area contributed by atoms with Crippen LogP contribution in [0.1, 0.15) is 24.5 Å². The fraction of sp³-hybridized carbons (Fsp3) is 0.231. The molecule has 1 aromatic carbocycles. The molecular formula is C13H11BrN2S. The van der Waals surface area contributed by atoms with Crippen molar-refractivity contribution in [1.29, 1.82) is 0 Å². The lowest BCUT2D eigenvalue weighted by Crippen LogP contribution is -1.94. The van der Waals surface area contributed by atoms with Gasteiger partial charge in [-0.3, -0.25) is 0 Å². The van der Waals surface area contributed by atoms with Crippen molar-refractivity contribution in [3.05, 3.63) is 45.1 Å². The lowest BCUT2D eigenvalue weighted by molar-refractivity contribution is 0.988. The van der Waals surface area contributed by atoms with Crippen LogP contribution in [0.4, 0.5) is 0 Å². The zero-order valence-electron chi connectivity index (χ0n) is 9.11. The van der Waals surface area contributed by atoms with E-state index in [0.717, 1.165) is 15.9 Å². The quantitative estimate of drug-likeness (QED) is 0.831. The van der Waals surface area contributed by atoms with Crippen LogP contribution in [0.3, 0.4) is 0 Å². The highest BCUT2D eigenvalue weighted by Crippen LogP contribution is 2.39. The van der Waals surface area contributed by atoms with E-state index in [1.165, 1.54) is 18.5 Å². The van der Waals surface area contributed by atoms with E-state index in [-0.39, 0.29) is 0 Å². The summed E-state index contributed by atoms with van der Waals surface area (Å²) in [5.74, 6) is 1.53. The lowest BCUT2D eigenvalue weighted by Gasteiger charge is -2.05. The second-order valence-electron chi connectivity index (χ2n) is 4.30. The number of nitrogens with one attached hydrogen (secondary N) is 1. The Hall–Kier alpha value is -1.00. The Bertz CT molecular complexity index is 600. The van der Waals surface area contributed by atoms with Crippen molar-refractivity contribution < 1.29 is 0 Å². The Balaban J connectivity index is 2.07. The minimum Gasteiger partial charge on any atom is -0.343 e. The number of hydrogen-bond acceptors (Lipinski definition) is 2. The van der Waals surface area contributed by atoms with E-state index in [9.17, 15) is 0 Å². The summed E-state index contributed by atoms with van der Waals surface area (Å²) >= 11 is 8.65. The van der Waals surface area contributed by atoms with E-state index in [0.29, 0.717) is 10.6 Å². The highest BCUT2D eigenvalue weighted by molar-refractivity contribution is 9.10. The molecule has 3 rings (SSSR count). The van der Waals surface area contributed by atoms with Crippen molar-refractivity contribution in [2.75, 3.05) is 0 Å². The number of rotatable bonds is 2. The summed E-state index contributed by atoms with van der Waals surface area (Å²) in [6.07, 6.45) is 2.52. The first kappa shape index (κ1) is 11.1. The van der Waals surface area contributed by atoms with Gasteiger partial charge in [0.1, 0.15) is 10.5 Å². The molecule has 0 aliphatic heterocycles. The molecule has 86 valence electrons. The molecule has 0 atom stereocenters. The molecule has 2 nitrogen and oxygen atoms in total. The van der Waals surface area contributed by atoms with E-state index >= 15 is 0 Å². The maximum absolute atomic E-state index is 5.22. The Labute approximate surface area is 113 Å². The van der Waals surface area contributed by atoms with Gasteiger partial charge < -0.3 is 4.98 Å². The normalized spacial score (nSPS) is 14.9. The van der Waals surface area contributed by atoms with Gasteiger partial charge in [0.15, 0.2) is 0 Å². The molecule has 0 unspecified atom stereocenters.